The first-order chi connectivity index (χ1) is 5.70. The van der Waals surface area contributed by atoms with Crippen LogP contribution in [-0.4, -0.2) is 36.7 Å². The zero-order valence-electron chi connectivity index (χ0n) is 7.25. The average molecular weight is 170 g/mol. The SMILES string of the molecule is NC(=O)C[N+]12CCC(CC1)CN2. The third-order valence-electron chi connectivity index (χ3n) is 3.10. The minimum atomic E-state index is -0.192. The first kappa shape index (κ1) is 8.01. The molecule has 0 aromatic heterocycles. The van der Waals surface area contributed by atoms with Crippen molar-refractivity contribution >= 4 is 5.91 Å². The van der Waals surface area contributed by atoms with Crippen LogP contribution in [0.5, 0.6) is 0 Å². The molecule has 4 nitrogen and oxygen atoms in total. The lowest BCUT2D eigenvalue weighted by molar-refractivity contribution is -0.976. The normalized spacial score (nSPS) is 39.8. The van der Waals surface area contributed by atoms with E-state index in [1.165, 1.54) is 12.8 Å². The second-order valence-corrected chi connectivity index (χ2v) is 4.02. The molecule has 3 heterocycles. The van der Waals surface area contributed by atoms with Crippen LogP contribution in [-0.2, 0) is 4.79 Å². The minimum Gasteiger partial charge on any atom is -0.365 e. The quantitative estimate of drug-likeness (QED) is 0.534. The molecular weight excluding hydrogens is 154 g/mol. The standard InChI is InChI=1S/C8H15N3O/c9-8(12)6-11-3-1-7(2-4-11)5-10-11/h7,10H,1-6H2,(H-,9,12)/p+1. The van der Waals surface area contributed by atoms with Crippen LogP contribution in [0.25, 0.3) is 0 Å². The summed E-state index contributed by atoms with van der Waals surface area (Å²) in [5.74, 6) is 0.653. The molecule has 0 aromatic carbocycles. The second-order valence-electron chi connectivity index (χ2n) is 4.02. The molecule has 68 valence electrons. The number of hydrogen-bond donors (Lipinski definition) is 2. The molecular formula is C8H16N3O+. The van der Waals surface area contributed by atoms with E-state index in [0.717, 1.165) is 30.1 Å². The Kier molecular flexibility index (Phi) is 1.81. The number of nitrogens with zero attached hydrogens (tertiary/aromatic N) is 1. The number of rotatable bonds is 2. The fourth-order valence-electron chi connectivity index (χ4n) is 2.31. The lowest BCUT2D eigenvalue weighted by Gasteiger charge is -2.47. The number of hydrogen-bond acceptors (Lipinski definition) is 2. The van der Waals surface area contributed by atoms with Crippen molar-refractivity contribution in [3.8, 4) is 0 Å². The van der Waals surface area contributed by atoms with Crippen molar-refractivity contribution < 1.29 is 9.39 Å². The Hall–Kier alpha value is -0.610. The molecule has 0 unspecified atom stereocenters. The number of quaternary nitrogens is 1. The number of piperidine rings is 1. The van der Waals surface area contributed by atoms with Crippen LogP contribution in [0.1, 0.15) is 12.8 Å². The van der Waals surface area contributed by atoms with Gasteiger partial charge < -0.3 is 5.73 Å². The molecule has 3 N–H and O–H groups in total. The van der Waals surface area contributed by atoms with Gasteiger partial charge in [-0.25, -0.2) is 4.59 Å². The largest absolute Gasteiger partial charge is 0.365 e. The highest BCUT2D eigenvalue weighted by Gasteiger charge is 2.40. The van der Waals surface area contributed by atoms with Gasteiger partial charge in [0.2, 0.25) is 0 Å². The molecule has 3 rings (SSSR count). The van der Waals surface area contributed by atoms with Crippen LogP contribution >= 0.6 is 0 Å². The molecule has 0 radical (unpaired) electrons. The Balaban J connectivity index is 2.03. The van der Waals surface area contributed by atoms with Gasteiger partial charge in [0.25, 0.3) is 5.91 Å². The number of amides is 1. The molecule has 1 amide bonds. The van der Waals surface area contributed by atoms with E-state index in [0.29, 0.717) is 6.54 Å². The molecule has 2 bridgehead atoms. The van der Waals surface area contributed by atoms with E-state index < -0.39 is 0 Å². The maximum absolute atomic E-state index is 10.8. The summed E-state index contributed by atoms with van der Waals surface area (Å²) in [4.78, 5) is 10.8. The molecule has 3 fully saturated rings. The molecule has 0 aromatic rings. The number of carbonyl (C=O) groups is 1. The van der Waals surface area contributed by atoms with Crippen LogP contribution in [0.3, 0.4) is 0 Å². The minimum absolute atomic E-state index is 0.192. The molecule has 12 heavy (non-hydrogen) atoms. The molecule has 4 heteroatoms. The van der Waals surface area contributed by atoms with Gasteiger partial charge >= 0.3 is 0 Å². The maximum atomic E-state index is 10.8. The molecule has 0 saturated carbocycles. The lowest BCUT2D eigenvalue weighted by atomic mass is 9.93. The van der Waals surface area contributed by atoms with Crippen molar-refractivity contribution in [3.05, 3.63) is 0 Å². The topological polar surface area (TPSA) is 55.1 Å². The highest BCUT2D eigenvalue weighted by atomic mass is 16.1. The van der Waals surface area contributed by atoms with E-state index >= 15 is 0 Å². The number of nitrogens with one attached hydrogen (secondary N) is 1. The van der Waals surface area contributed by atoms with E-state index in [1.807, 2.05) is 0 Å². The van der Waals surface area contributed by atoms with E-state index in [4.69, 9.17) is 5.73 Å². The number of fused-ring (bicyclic) bond motifs is 3. The summed E-state index contributed by atoms with van der Waals surface area (Å²) in [6.45, 7) is 3.68. The van der Waals surface area contributed by atoms with Crippen molar-refractivity contribution in [1.29, 1.82) is 0 Å². The van der Waals surface area contributed by atoms with Crippen molar-refractivity contribution in [2.45, 2.75) is 12.8 Å². The van der Waals surface area contributed by atoms with Crippen LogP contribution in [0.4, 0.5) is 0 Å². The maximum Gasteiger partial charge on any atom is 0.274 e. The van der Waals surface area contributed by atoms with Crippen LogP contribution in [0.15, 0.2) is 0 Å². The van der Waals surface area contributed by atoms with Crippen LogP contribution in [0.2, 0.25) is 0 Å². The van der Waals surface area contributed by atoms with Crippen molar-refractivity contribution in [1.82, 2.24) is 5.43 Å². The predicted molar refractivity (Wildman–Crippen MR) is 44.8 cm³/mol. The highest BCUT2D eigenvalue weighted by molar-refractivity contribution is 5.74. The Morgan fingerprint density at radius 2 is 2.17 bits per heavy atom. The van der Waals surface area contributed by atoms with E-state index in [1.54, 1.807) is 0 Å². The molecule has 0 aliphatic carbocycles. The number of primary amides is 1. The Morgan fingerprint density at radius 1 is 1.50 bits per heavy atom. The Labute approximate surface area is 72.3 Å². The second kappa shape index (κ2) is 2.71. The average Bonchev–Trinajstić information content (AvgIpc) is 2.05. The van der Waals surface area contributed by atoms with Gasteiger partial charge in [-0.1, -0.05) is 0 Å². The summed E-state index contributed by atoms with van der Waals surface area (Å²) in [7, 11) is 0. The van der Waals surface area contributed by atoms with Gasteiger partial charge in [-0.15, -0.1) is 0 Å². The summed E-state index contributed by atoms with van der Waals surface area (Å²) >= 11 is 0. The third kappa shape index (κ3) is 1.32. The first-order valence-electron chi connectivity index (χ1n) is 4.60. The molecule has 0 atom stereocenters. The first-order valence-corrected chi connectivity index (χ1v) is 4.60. The van der Waals surface area contributed by atoms with Gasteiger partial charge in [-0.3, -0.25) is 4.79 Å². The highest BCUT2D eigenvalue weighted by Crippen LogP contribution is 2.26. The zero-order valence-corrected chi connectivity index (χ0v) is 7.25. The van der Waals surface area contributed by atoms with Gasteiger partial charge in [-0.05, 0) is 5.92 Å². The number of carbonyl (C=O) groups excluding carboxylic acids is 1. The monoisotopic (exact) mass is 170 g/mol. The summed E-state index contributed by atoms with van der Waals surface area (Å²) in [6.07, 6.45) is 2.50. The number of nitrogens with two attached hydrogens (primary N) is 1. The van der Waals surface area contributed by atoms with Crippen molar-refractivity contribution in [3.63, 3.8) is 0 Å². The van der Waals surface area contributed by atoms with Gasteiger partial charge in [0.05, 0.1) is 13.1 Å². The van der Waals surface area contributed by atoms with E-state index in [9.17, 15) is 4.79 Å². The smallest absolute Gasteiger partial charge is 0.274 e. The Morgan fingerprint density at radius 3 is 2.58 bits per heavy atom. The fourth-order valence-corrected chi connectivity index (χ4v) is 2.31. The third-order valence-corrected chi connectivity index (χ3v) is 3.10. The summed E-state index contributed by atoms with van der Waals surface area (Å²) in [5, 5.41) is 0. The van der Waals surface area contributed by atoms with E-state index in [2.05, 4.69) is 5.43 Å². The molecule has 3 aliphatic heterocycles. The summed E-state index contributed by atoms with van der Waals surface area (Å²) < 4.78 is 0.742. The Bertz CT molecular complexity index is 183. The van der Waals surface area contributed by atoms with Gasteiger partial charge in [0.1, 0.15) is 0 Å². The molecule has 3 saturated heterocycles. The van der Waals surface area contributed by atoms with Gasteiger partial charge in [-0.2, -0.15) is 5.43 Å². The fraction of sp³-hybridized carbons (Fsp3) is 0.875. The van der Waals surface area contributed by atoms with Crippen LogP contribution < -0.4 is 11.2 Å². The molecule has 0 spiro atoms. The zero-order chi connectivity index (χ0) is 8.60. The van der Waals surface area contributed by atoms with E-state index in [-0.39, 0.29) is 5.91 Å². The predicted octanol–water partition coefficient (Wildman–Crippen LogP) is -0.783. The van der Waals surface area contributed by atoms with Gasteiger partial charge in [0.15, 0.2) is 6.54 Å². The van der Waals surface area contributed by atoms with Gasteiger partial charge in [0, 0.05) is 19.4 Å². The molecule has 3 aliphatic rings. The van der Waals surface area contributed by atoms with Crippen molar-refractivity contribution in [2.24, 2.45) is 11.7 Å². The lowest BCUT2D eigenvalue weighted by Crippen LogP contribution is -2.69. The summed E-state index contributed by atoms with van der Waals surface area (Å²) in [6, 6.07) is 0. The van der Waals surface area contributed by atoms with Crippen molar-refractivity contribution in [2.75, 3.05) is 26.2 Å². The van der Waals surface area contributed by atoms with Crippen LogP contribution in [0, 0.1) is 5.92 Å². The summed E-state index contributed by atoms with van der Waals surface area (Å²) in [5.41, 5.74) is 8.61.